The Hall–Kier alpha value is -0.830. The zero-order valence-corrected chi connectivity index (χ0v) is 8.96. The lowest BCUT2D eigenvalue weighted by Gasteiger charge is -2.07. The van der Waals surface area contributed by atoms with Crippen molar-refractivity contribution in [1.29, 1.82) is 0 Å². The van der Waals surface area contributed by atoms with Crippen LogP contribution in [0, 0.1) is 11.8 Å². The van der Waals surface area contributed by atoms with E-state index in [0.717, 1.165) is 12.8 Å². The van der Waals surface area contributed by atoms with Crippen LogP contribution in [0.5, 0.6) is 0 Å². The molecule has 3 atom stereocenters. The Labute approximate surface area is 87.6 Å². The first-order valence-corrected chi connectivity index (χ1v) is 5.87. The predicted molar refractivity (Wildman–Crippen MR) is 56.6 cm³/mol. The van der Waals surface area contributed by atoms with Crippen LogP contribution in [0.25, 0.3) is 0 Å². The van der Waals surface area contributed by atoms with Crippen molar-refractivity contribution in [3.63, 3.8) is 0 Å². The Bertz CT molecular complexity index is 318. The maximum Gasteiger partial charge on any atom is 0.306 e. The lowest BCUT2D eigenvalue weighted by molar-refractivity contribution is -0.138. The van der Waals surface area contributed by atoms with Crippen molar-refractivity contribution in [2.45, 2.75) is 25.7 Å². The minimum atomic E-state index is -0.618. The molecule has 0 bridgehead atoms. The molecule has 1 aromatic heterocycles. The van der Waals surface area contributed by atoms with Gasteiger partial charge in [-0.1, -0.05) is 6.92 Å². The minimum absolute atomic E-state index is 0.0592. The minimum Gasteiger partial charge on any atom is -0.481 e. The van der Waals surface area contributed by atoms with Gasteiger partial charge >= 0.3 is 5.97 Å². The van der Waals surface area contributed by atoms with Crippen LogP contribution in [-0.4, -0.2) is 11.1 Å². The lowest BCUT2D eigenvalue weighted by Crippen LogP contribution is -2.01. The largest absolute Gasteiger partial charge is 0.481 e. The summed E-state index contributed by atoms with van der Waals surface area (Å²) >= 11 is 1.71. The zero-order chi connectivity index (χ0) is 10.1. The molecular formula is C11H14O2S. The lowest BCUT2D eigenvalue weighted by atomic mass is 9.97. The van der Waals surface area contributed by atoms with Crippen molar-refractivity contribution >= 4 is 17.3 Å². The number of aliphatic carboxylic acids is 1. The second kappa shape index (κ2) is 3.73. The van der Waals surface area contributed by atoms with Crippen LogP contribution < -0.4 is 0 Å². The number of hydrogen-bond donors (Lipinski definition) is 1. The van der Waals surface area contributed by atoms with E-state index in [1.165, 1.54) is 5.56 Å². The molecule has 0 aromatic carbocycles. The standard InChI is InChI=1S/C11H14O2S/c1-7(8-2-3-14-6-8)4-9-5-10(9)11(12)13/h2-3,6-7,9-10H,4-5H2,1H3,(H,12,13). The molecule has 0 saturated heterocycles. The normalized spacial score (nSPS) is 27.2. The summed E-state index contributed by atoms with van der Waals surface area (Å²) in [5.41, 5.74) is 1.35. The smallest absolute Gasteiger partial charge is 0.306 e. The number of rotatable bonds is 4. The Balaban J connectivity index is 1.85. The topological polar surface area (TPSA) is 37.3 Å². The van der Waals surface area contributed by atoms with Crippen molar-refractivity contribution in [1.82, 2.24) is 0 Å². The number of hydrogen-bond acceptors (Lipinski definition) is 2. The molecule has 76 valence electrons. The Morgan fingerprint density at radius 3 is 3.07 bits per heavy atom. The molecule has 2 rings (SSSR count). The quantitative estimate of drug-likeness (QED) is 0.829. The SMILES string of the molecule is CC(CC1CC1C(=O)O)c1ccsc1. The van der Waals surface area contributed by atoms with Crippen LogP contribution in [0.15, 0.2) is 16.8 Å². The van der Waals surface area contributed by atoms with Crippen LogP contribution in [0.3, 0.4) is 0 Å². The van der Waals surface area contributed by atoms with Crippen molar-refractivity contribution in [2.24, 2.45) is 11.8 Å². The summed E-state index contributed by atoms with van der Waals surface area (Å²) in [5, 5.41) is 13.0. The van der Waals surface area contributed by atoms with Gasteiger partial charge in [0.1, 0.15) is 0 Å². The van der Waals surface area contributed by atoms with Gasteiger partial charge in [-0.2, -0.15) is 11.3 Å². The number of carbonyl (C=O) groups is 1. The van der Waals surface area contributed by atoms with E-state index in [-0.39, 0.29) is 5.92 Å². The highest BCUT2D eigenvalue weighted by Gasteiger charge is 2.43. The summed E-state index contributed by atoms with van der Waals surface area (Å²) < 4.78 is 0. The molecule has 1 aromatic rings. The van der Waals surface area contributed by atoms with E-state index in [4.69, 9.17) is 5.11 Å². The number of thiophene rings is 1. The highest BCUT2D eigenvalue weighted by atomic mass is 32.1. The number of carboxylic acid groups (broad SMARTS) is 1. The fourth-order valence-electron chi connectivity index (χ4n) is 1.96. The van der Waals surface area contributed by atoms with E-state index >= 15 is 0 Å². The van der Waals surface area contributed by atoms with E-state index in [1.807, 2.05) is 0 Å². The Kier molecular flexibility index (Phi) is 2.59. The van der Waals surface area contributed by atoms with Gasteiger partial charge in [0.05, 0.1) is 5.92 Å². The third-order valence-electron chi connectivity index (χ3n) is 3.01. The van der Waals surface area contributed by atoms with E-state index in [9.17, 15) is 4.79 Å². The summed E-state index contributed by atoms with van der Waals surface area (Å²) in [6.45, 7) is 2.18. The summed E-state index contributed by atoms with van der Waals surface area (Å²) in [4.78, 5) is 10.6. The van der Waals surface area contributed by atoms with Gasteiger partial charge in [0.15, 0.2) is 0 Å². The molecule has 2 nitrogen and oxygen atoms in total. The third-order valence-corrected chi connectivity index (χ3v) is 3.71. The van der Waals surface area contributed by atoms with Gasteiger partial charge in [-0.05, 0) is 47.1 Å². The van der Waals surface area contributed by atoms with Crippen molar-refractivity contribution in [2.75, 3.05) is 0 Å². The van der Waals surface area contributed by atoms with E-state index in [0.29, 0.717) is 11.8 Å². The summed E-state index contributed by atoms with van der Waals surface area (Å²) in [6, 6.07) is 2.13. The van der Waals surface area contributed by atoms with Gasteiger partial charge in [0.25, 0.3) is 0 Å². The Morgan fingerprint density at radius 1 is 1.79 bits per heavy atom. The molecule has 1 aliphatic rings. The zero-order valence-electron chi connectivity index (χ0n) is 8.14. The molecule has 0 aliphatic heterocycles. The highest BCUT2D eigenvalue weighted by Crippen LogP contribution is 2.45. The van der Waals surface area contributed by atoms with Crippen molar-refractivity contribution in [3.05, 3.63) is 22.4 Å². The molecule has 0 radical (unpaired) electrons. The molecule has 3 heteroatoms. The van der Waals surface area contributed by atoms with Crippen LogP contribution in [-0.2, 0) is 4.79 Å². The monoisotopic (exact) mass is 210 g/mol. The van der Waals surface area contributed by atoms with Crippen LogP contribution in [0.4, 0.5) is 0 Å². The molecule has 1 aliphatic carbocycles. The predicted octanol–water partition coefficient (Wildman–Crippen LogP) is 2.96. The highest BCUT2D eigenvalue weighted by molar-refractivity contribution is 7.07. The molecule has 14 heavy (non-hydrogen) atoms. The van der Waals surface area contributed by atoms with Gasteiger partial charge in [0.2, 0.25) is 0 Å². The van der Waals surface area contributed by atoms with E-state index in [2.05, 4.69) is 23.8 Å². The maximum absolute atomic E-state index is 10.6. The molecule has 3 unspecified atom stereocenters. The van der Waals surface area contributed by atoms with Gasteiger partial charge in [-0.15, -0.1) is 0 Å². The average Bonchev–Trinajstić information content (AvgIpc) is 2.70. The van der Waals surface area contributed by atoms with Crippen molar-refractivity contribution in [3.8, 4) is 0 Å². The van der Waals surface area contributed by atoms with E-state index in [1.54, 1.807) is 11.3 Å². The third kappa shape index (κ3) is 1.98. The first-order chi connectivity index (χ1) is 6.68. The molecule has 1 N–H and O–H groups in total. The molecule has 1 saturated carbocycles. The van der Waals surface area contributed by atoms with Gasteiger partial charge < -0.3 is 5.11 Å². The molecule has 1 heterocycles. The molecule has 1 fully saturated rings. The Morgan fingerprint density at radius 2 is 2.57 bits per heavy atom. The fraction of sp³-hybridized carbons (Fsp3) is 0.545. The molecule has 0 spiro atoms. The second-order valence-electron chi connectivity index (χ2n) is 4.13. The first-order valence-electron chi connectivity index (χ1n) is 4.93. The molecule has 0 amide bonds. The molecular weight excluding hydrogens is 196 g/mol. The second-order valence-corrected chi connectivity index (χ2v) is 4.91. The first kappa shape index (κ1) is 9.71. The number of carboxylic acids is 1. The van der Waals surface area contributed by atoms with Crippen LogP contribution >= 0.6 is 11.3 Å². The summed E-state index contributed by atoms with van der Waals surface area (Å²) in [5.74, 6) is 0.251. The fourth-order valence-corrected chi connectivity index (χ4v) is 2.74. The van der Waals surface area contributed by atoms with Crippen molar-refractivity contribution < 1.29 is 9.90 Å². The average molecular weight is 210 g/mol. The van der Waals surface area contributed by atoms with Gasteiger partial charge in [0, 0.05) is 0 Å². The summed E-state index contributed by atoms with van der Waals surface area (Å²) in [7, 11) is 0. The van der Waals surface area contributed by atoms with Gasteiger partial charge in [-0.25, -0.2) is 0 Å². The van der Waals surface area contributed by atoms with Crippen LogP contribution in [0.1, 0.15) is 31.2 Å². The summed E-state index contributed by atoms with van der Waals surface area (Å²) in [6.07, 6.45) is 1.90. The van der Waals surface area contributed by atoms with Crippen LogP contribution in [0.2, 0.25) is 0 Å². The maximum atomic E-state index is 10.6. The van der Waals surface area contributed by atoms with E-state index < -0.39 is 5.97 Å². The van der Waals surface area contributed by atoms with Gasteiger partial charge in [-0.3, -0.25) is 4.79 Å².